The van der Waals surface area contributed by atoms with Crippen molar-refractivity contribution in [3.63, 3.8) is 0 Å². The van der Waals surface area contributed by atoms with Crippen LogP contribution in [0, 0.1) is 10.1 Å². The lowest BCUT2D eigenvalue weighted by molar-refractivity contribution is -0.384. The molecule has 0 saturated heterocycles. The minimum atomic E-state index is -0.425. The quantitative estimate of drug-likeness (QED) is 0.511. The van der Waals surface area contributed by atoms with Gasteiger partial charge in [-0.3, -0.25) is 10.1 Å². The molecule has 2 rings (SSSR count). The van der Waals surface area contributed by atoms with Gasteiger partial charge in [0.05, 0.1) is 4.92 Å². The van der Waals surface area contributed by atoms with Crippen molar-refractivity contribution in [2.75, 3.05) is 17.7 Å². The Balaban J connectivity index is 2.48. The number of para-hydroxylation sites is 1. The zero-order valence-electron chi connectivity index (χ0n) is 9.91. The lowest BCUT2D eigenvalue weighted by Crippen LogP contribution is -2.11. The maximum atomic E-state index is 11.0. The summed E-state index contributed by atoms with van der Waals surface area (Å²) in [7, 11) is 1.79. The molecule has 18 heavy (non-hydrogen) atoms. The molecule has 0 radical (unpaired) electrons. The second-order valence-electron chi connectivity index (χ2n) is 3.90. The number of hydrogen-bond acceptors (Lipinski definition) is 4. The first kappa shape index (κ1) is 11.9. The van der Waals surface area contributed by atoms with E-state index in [1.54, 1.807) is 24.1 Å². The van der Waals surface area contributed by atoms with Crippen LogP contribution in [0.3, 0.4) is 0 Å². The minimum Gasteiger partial charge on any atom is -0.399 e. The summed E-state index contributed by atoms with van der Waals surface area (Å²) in [6, 6.07) is 14.1. The molecule has 0 aliphatic heterocycles. The molecule has 5 heteroatoms. The van der Waals surface area contributed by atoms with Crippen LogP contribution in [-0.4, -0.2) is 12.0 Å². The van der Waals surface area contributed by atoms with Crippen molar-refractivity contribution in [3.8, 4) is 0 Å². The molecule has 5 nitrogen and oxygen atoms in total. The highest BCUT2D eigenvalue weighted by atomic mass is 16.6. The molecule has 2 aromatic rings. The van der Waals surface area contributed by atoms with Gasteiger partial charge in [-0.25, -0.2) is 0 Å². The molecular formula is C13H13N3O2. The normalized spacial score (nSPS) is 10.1. The fraction of sp³-hybridized carbons (Fsp3) is 0.0769. The van der Waals surface area contributed by atoms with Gasteiger partial charge < -0.3 is 10.6 Å². The molecule has 0 fully saturated rings. The van der Waals surface area contributed by atoms with Crippen LogP contribution in [0.4, 0.5) is 22.7 Å². The smallest absolute Gasteiger partial charge is 0.294 e. The number of nitrogen functional groups attached to an aromatic ring is 1. The number of hydrogen-bond donors (Lipinski definition) is 1. The average molecular weight is 243 g/mol. The molecule has 2 N–H and O–H groups in total. The Hall–Kier alpha value is -2.56. The van der Waals surface area contributed by atoms with Gasteiger partial charge >= 0.3 is 0 Å². The van der Waals surface area contributed by atoms with Gasteiger partial charge in [-0.2, -0.15) is 0 Å². The maximum absolute atomic E-state index is 11.0. The van der Waals surface area contributed by atoms with E-state index in [2.05, 4.69) is 0 Å². The fourth-order valence-corrected chi connectivity index (χ4v) is 1.76. The first-order valence-electron chi connectivity index (χ1n) is 5.42. The SMILES string of the molecule is CN(c1ccccc1)c1ccc(N)cc1[N+](=O)[O-]. The van der Waals surface area contributed by atoms with Crippen LogP contribution in [0.5, 0.6) is 0 Å². The molecular weight excluding hydrogens is 230 g/mol. The summed E-state index contributed by atoms with van der Waals surface area (Å²) < 4.78 is 0. The molecule has 0 amide bonds. The van der Waals surface area contributed by atoms with Gasteiger partial charge in [0.2, 0.25) is 0 Å². The lowest BCUT2D eigenvalue weighted by Gasteiger charge is -2.19. The third kappa shape index (κ3) is 2.24. The molecule has 0 bridgehead atoms. The van der Waals surface area contributed by atoms with Crippen molar-refractivity contribution >= 4 is 22.7 Å². The number of nitrogens with zero attached hydrogens (tertiary/aromatic N) is 2. The van der Waals surface area contributed by atoms with Gasteiger partial charge in [-0.1, -0.05) is 18.2 Å². The average Bonchev–Trinajstić information content (AvgIpc) is 2.39. The first-order chi connectivity index (χ1) is 8.59. The Kier molecular flexibility index (Phi) is 3.14. The van der Waals surface area contributed by atoms with Gasteiger partial charge in [-0.05, 0) is 24.3 Å². The summed E-state index contributed by atoms with van der Waals surface area (Å²) in [5.74, 6) is 0. The molecule has 0 atom stereocenters. The second-order valence-corrected chi connectivity index (χ2v) is 3.90. The molecule has 2 aromatic carbocycles. The van der Waals surface area contributed by atoms with Crippen LogP contribution in [0.15, 0.2) is 48.5 Å². The molecule has 92 valence electrons. The Labute approximate surface area is 105 Å². The van der Waals surface area contributed by atoms with Gasteiger partial charge in [0.1, 0.15) is 5.69 Å². The molecule has 0 spiro atoms. The highest BCUT2D eigenvalue weighted by Crippen LogP contribution is 2.33. The molecule has 0 saturated carbocycles. The number of benzene rings is 2. The molecule has 0 aliphatic rings. The van der Waals surface area contributed by atoms with Crippen LogP contribution < -0.4 is 10.6 Å². The lowest BCUT2D eigenvalue weighted by atomic mass is 10.2. The molecule has 0 unspecified atom stereocenters. The second kappa shape index (κ2) is 4.75. The predicted octanol–water partition coefficient (Wildman–Crippen LogP) is 2.94. The number of rotatable bonds is 3. The van der Waals surface area contributed by atoms with Crippen molar-refractivity contribution < 1.29 is 4.92 Å². The van der Waals surface area contributed by atoms with Gasteiger partial charge in [-0.15, -0.1) is 0 Å². The summed E-state index contributed by atoms with van der Waals surface area (Å²) in [5, 5.41) is 11.0. The van der Waals surface area contributed by atoms with E-state index < -0.39 is 4.92 Å². The standard InChI is InChI=1S/C13H13N3O2/c1-15(11-5-3-2-4-6-11)12-8-7-10(14)9-13(12)16(17)18/h2-9H,14H2,1H3. The zero-order chi connectivity index (χ0) is 13.1. The molecule has 0 aromatic heterocycles. The number of anilines is 3. The van der Waals surface area contributed by atoms with E-state index in [4.69, 9.17) is 5.73 Å². The van der Waals surface area contributed by atoms with E-state index >= 15 is 0 Å². The zero-order valence-corrected chi connectivity index (χ0v) is 9.91. The Morgan fingerprint density at radius 1 is 1.17 bits per heavy atom. The summed E-state index contributed by atoms with van der Waals surface area (Å²) in [4.78, 5) is 12.4. The Bertz CT molecular complexity index is 570. The number of nitro groups is 1. The highest BCUT2D eigenvalue weighted by molar-refractivity contribution is 5.74. The van der Waals surface area contributed by atoms with Crippen LogP contribution in [-0.2, 0) is 0 Å². The van der Waals surface area contributed by atoms with Gasteiger partial charge in [0.15, 0.2) is 0 Å². The van der Waals surface area contributed by atoms with Crippen LogP contribution in [0.25, 0.3) is 0 Å². The van der Waals surface area contributed by atoms with E-state index in [1.165, 1.54) is 6.07 Å². The van der Waals surface area contributed by atoms with Crippen molar-refractivity contribution in [1.82, 2.24) is 0 Å². The van der Waals surface area contributed by atoms with E-state index in [0.717, 1.165) is 5.69 Å². The topological polar surface area (TPSA) is 72.4 Å². The van der Waals surface area contributed by atoms with Crippen molar-refractivity contribution in [2.45, 2.75) is 0 Å². The summed E-state index contributed by atoms with van der Waals surface area (Å²) in [5.41, 5.74) is 7.36. The van der Waals surface area contributed by atoms with E-state index in [1.807, 2.05) is 30.3 Å². The summed E-state index contributed by atoms with van der Waals surface area (Å²) in [6.07, 6.45) is 0. The van der Waals surface area contributed by atoms with E-state index in [-0.39, 0.29) is 5.69 Å². The summed E-state index contributed by atoms with van der Waals surface area (Å²) >= 11 is 0. The van der Waals surface area contributed by atoms with Crippen molar-refractivity contribution in [1.29, 1.82) is 0 Å². The summed E-state index contributed by atoms with van der Waals surface area (Å²) in [6.45, 7) is 0. The number of nitro benzene ring substituents is 1. The third-order valence-electron chi connectivity index (χ3n) is 2.70. The van der Waals surface area contributed by atoms with E-state index in [9.17, 15) is 10.1 Å². The van der Waals surface area contributed by atoms with Crippen LogP contribution in [0.1, 0.15) is 0 Å². The molecule has 0 heterocycles. The van der Waals surface area contributed by atoms with Gasteiger partial charge in [0.25, 0.3) is 5.69 Å². The fourth-order valence-electron chi connectivity index (χ4n) is 1.76. The Morgan fingerprint density at radius 3 is 2.44 bits per heavy atom. The van der Waals surface area contributed by atoms with Crippen LogP contribution >= 0.6 is 0 Å². The minimum absolute atomic E-state index is 0.00125. The van der Waals surface area contributed by atoms with Crippen molar-refractivity contribution in [2.24, 2.45) is 0 Å². The largest absolute Gasteiger partial charge is 0.399 e. The predicted molar refractivity (Wildman–Crippen MR) is 72.0 cm³/mol. The first-order valence-corrected chi connectivity index (χ1v) is 5.42. The maximum Gasteiger partial charge on any atom is 0.294 e. The van der Waals surface area contributed by atoms with Crippen LogP contribution in [0.2, 0.25) is 0 Å². The molecule has 0 aliphatic carbocycles. The Morgan fingerprint density at radius 2 is 1.83 bits per heavy atom. The third-order valence-corrected chi connectivity index (χ3v) is 2.70. The van der Waals surface area contributed by atoms with Gasteiger partial charge in [0, 0.05) is 24.5 Å². The number of nitrogens with two attached hydrogens (primary N) is 1. The van der Waals surface area contributed by atoms with E-state index in [0.29, 0.717) is 11.4 Å². The highest BCUT2D eigenvalue weighted by Gasteiger charge is 2.18. The monoisotopic (exact) mass is 243 g/mol. The van der Waals surface area contributed by atoms with Crippen molar-refractivity contribution in [3.05, 3.63) is 58.6 Å².